The molecule has 1 aromatic rings. The predicted octanol–water partition coefficient (Wildman–Crippen LogP) is 2.94. The van der Waals surface area contributed by atoms with Crippen LogP contribution in [0.2, 0.25) is 0 Å². The third-order valence-corrected chi connectivity index (χ3v) is 1.99. The lowest BCUT2D eigenvalue weighted by Gasteiger charge is -2.09. The van der Waals surface area contributed by atoms with Gasteiger partial charge < -0.3 is 5.73 Å². The summed E-state index contributed by atoms with van der Waals surface area (Å²) in [6.07, 6.45) is -4.39. The number of nitrogen functional groups attached to an aromatic ring is 1. The smallest absolute Gasteiger partial charge is 0.393 e. The Morgan fingerprint density at radius 3 is 2.43 bits per heavy atom. The minimum Gasteiger partial charge on any atom is -0.399 e. The molecule has 1 aromatic carbocycles. The second-order valence-corrected chi connectivity index (χ2v) is 3.18. The zero-order valence-electron chi connectivity index (χ0n) is 7.86. The summed E-state index contributed by atoms with van der Waals surface area (Å²) < 4.78 is 36.1. The summed E-state index contributed by atoms with van der Waals surface area (Å²) in [6, 6.07) is 4.46. The number of halogens is 3. The number of aryl methyl sites for hydroxylation is 1. The van der Waals surface area contributed by atoms with Crippen LogP contribution in [0.4, 0.5) is 18.9 Å². The fourth-order valence-electron chi connectivity index (χ4n) is 1.31. The Hall–Kier alpha value is -1.19. The number of alkyl halides is 3. The Morgan fingerprint density at radius 2 is 1.93 bits per heavy atom. The summed E-state index contributed by atoms with van der Waals surface area (Å²) in [5, 5.41) is 0. The summed E-state index contributed by atoms with van der Waals surface area (Å²) in [6.45, 7) is 1.86. The highest BCUT2D eigenvalue weighted by Crippen LogP contribution is 2.23. The minimum absolute atomic E-state index is 0.267. The molecule has 0 amide bonds. The van der Waals surface area contributed by atoms with Crippen LogP contribution in [0.3, 0.4) is 0 Å². The first kappa shape index (κ1) is 10.9. The zero-order chi connectivity index (χ0) is 10.8. The van der Waals surface area contributed by atoms with Crippen molar-refractivity contribution < 1.29 is 13.2 Å². The largest absolute Gasteiger partial charge is 0.399 e. The molecular formula is C10H12F3N. The van der Waals surface area contributed by atoms with Gasteiger partial charge in [0.2, 0.25) is 0 Å². The van der Waals surface area contributed by atoms with Gasteiger partial charge in [0.15, 0.2) is 0 Å². The van der Waals surface area contributed by atoms with E-state index in [0.717, 1.165) is 5.56 Å². The van der Waals surface area contributed by atoms with Gasteiger partial charge in [0.25, 0.3) is 0 Å². The molecule has 0 heterocycles. The molecule has 1 rings (SSSR count). The number of anilines is 1. The molecular weight excluding hydrogens is 191 g/mol. The Kier molecular flexibility index (Phi) is 3.03. The number of hydrogen-bond acceptors (Lipinski definition) is 1. The lowest BCUT2D eigenvalue weighted by atomic mass is 10.0. The number of rotatable bonds is 2. The fraction of sp³-hybridized carbons (Fsp3) is 0.400. The van der Waals surface area contributed by atoms with Crippen molar-refractivity contribution in [3.63, 3.8) is 0 Å². The second-order valence-electron chi connectivity index (χ2n) is 3.18. The highest BCUT2D eigenvalue weighted by Gasteiger charge is 2.27. The van der Waals surface area contributed by atoms with Crippen molar-refractivity contribution in [1.82, 2.24) is 0 Å². The van der Waals surface area contributed by atoms with Gasteiger partial charge in [-0.05, 0) is 23.6 Å². The van der Waals surface area contributed by atoms with Crippen LogP contribution in [-0.4, -0.2) is 6.18 Å². The summed E-state index contributed by atoms with van der Waals surface area (Å²) in [5.41, 5.74) is 7.17. The van der Waals surface area contributed by atoms with Crippen LogP contribution in [0.15, 0.2) is 18.2 Å². The maximum Gasteiger partial charge on any atom is 0.393 e. The summed E-state index contributed by atoms with van der Waals surface area (Å²) in [7, 11) is 0. The molecule has 0 aliphatic rings. The molecule has 0 radical (unpaired) electrons. The Balaban J connectivity index is 2.90. The maximum absolute atomic E-state index is 12.0. The number of nitrogens with two attached hydrogens (primary N) is 1. The van der Waals surface area contributed by atoms with E-state index in [4.69, 9.17) is 5.73 Å². The topological polar surface area (TPSA) is 26.0 Å². The molecule has 0 aromatic heterocycles. The van der Waals surface area contributed by atoms with Crippen LogP contribution in [0.5, 0.6) is 0 Å². The quantitative estimate of drug-likeness (QED) is 0.735. The molecule has 0 spiro atoms. The van der Waals surface area contributed by atoms with Gasteiger partial charge in [0, 0.05) is 5.69 Å². The van der Waals surface area contributed by atoms with E-state index in [2.05, 4.69) is 0 Å². The van der Waals surface area contributed by atoms with E-state index >= 15 is 0 Å². The zero-order valence-corrected chi connectivity index (χ0v) is 7.86. The van der Waals surface area contributed by atoms with Crippen LogP contribution >= 0.6 is 0 Å². The van der Waals surface area contributed by atoms with E-state index in [1.807, 2.05) is 6.92 Å². The lowest BCUT2D eigenvalue weighted by Crippen LogP contribution is -2.11. The maximum atomic E-state index is 12.0. The molecule has 0 unspecified atom stereocenters. The highest BCUT2D eigenvalue weighted by atomic mass is 19.4. The summed E-state index contributed by atoms with van der Waals surface area (Å²) in [4.78, 5) is 0. The summed E-state index contributed by atoms with van der Waals surface area (Å²) in [5.74, 6) is 0. The monoisotopic (exact) mass is 203 g/mol. The van der Waals surface area contributed by atoms with Crippen molar-refractivity contribution in [2.75, 3.05) is 5.73 Å². The molecule has 0 saturated heterocycles. The first-order valence-corrected chi connectivity index (χ1v) is 4.36. The van der Waals surface area contributed by atoms with E-state index in [1.54, 1.807) is 0 Å². The average Bonchev–Trinajstić information content (AvgIpc) is 2.06. The number of hydrogen-bond donors (Lipinski definition) is 1. The van der Waals surface area contributed by atoms with Gasteiger partial charge in [0.1, 0.15) is 0 Å². The predicted molar refractivity (Wildman–Crippen MR) is 50.0 cm³/mol. The molecule has 0 saturated carbocycles. The van der Waals surface area contributed by atoms with Crippen molar-refractivity contribution in [2.24, 2.45) is 0 Å². The van der Waals surface area contributed by atoms with Gasteiger partial charge >= 0.3 is 6.18 Å². The normalized spacial score (nSPS) is 11.7. The molecule has 78 valence electrons. The average molecular weight is 203 g/mol. The second kappa shape index (κ2) is 3.90. The molecule has 1 nitrogen and oxygen atoms in total. The van der Waals surface area contributed by atoms with Gasteiger partial charge in [-0.3, -0.25) is 0 Å². The van der Waals surface area contributed by atoms with Gasteiger partial charge in [-0.25, -0.2) is 0 Å². The van der Waals surface area contributed by atoms with E-state index in [-0.39, 0.29) is 5.56 Å². The van der Waals surface area contributed by atoms with Gasteiger partial charge in [-0.1, -0.05) is 19.1 Å². The number of benzene rings is 1. The van der Waals surface area contributed by atoms with Crippen molar-refractivity contribution in [1.29, 1.82) is 0 Å². The van der Waals surface area contributed by atoms with Crippen molar-refractivity contribution >= 4 is 5.69 Å². The van der Waals surface area contributed by atoms with Crippen LogP contribution in [-0.2, 0) is 12.8 Å². The van der Waals surface area contributed by atoms with E-state index < -0.39 is 12.6 Å². The molecule has 4 heteroatoms. The van der Waals surface area contributed by atoms with Gasteiger partial charge in [-0.2, -0.15) is 13.2 Å². The van der Waals surface area contributed by atoms with Crippen molar-refractivity contribution in [2.45, 2.75) is 25.9 Å². The standard InChI is InChI=1S/C10H12F3N/c1-2-8-5-7(3-4-9(8)14)6-10(11,12)13/h3-5H,2,6,14H2,1H3. The molecule has 0 aliphatic carbocycles. The van der Waals surface area contributed by atoms with Crippen LogP contribution in [0.1, 0.15) is 18.1 Å². The van der Waals surface area contributed by atoms with E-state index in [9.17, 15) is 13.2 Å². The van der Waals surface area contributed by atoms with Crippen molar-refractivity contribution in [3.05, 3.63) is 29.3 Å². The summed E-state index contributed by atoms with van der Waals surface area (Å²) >= 11 is 0. The van der Waals surface area contributed by atoms with E-state index in [0.29, 0.717) is 12.1 Å². The third kappa shape index (κ3) is 2.94. The Bertz CT molecular complexity index is 318. The SMILES string of the molecule is CCc1cc(CC(F)(F)F)ccc1N. The van der Waals surface area contributed by atoms with E-state index in [1.165, 1.54) is 18.2 Å². The Morgan fingerprint density at radius 1 is 1.29 bits per heavy atom. The molecule has 14 heavy (non-hydrogen) atoms. The fourth-order valence-corrected chi connectivity index (χ4v) is 1.31. The molecule has 0 atom stereocenters. The minimum atomic E-state index is -4.15. The van der Waals surface area contributed by atoms with Gasteiger partial charge in [-0.15, -0.1) is 0 Å². The van der Waals surface area contributed by atoms with Crippen LogP contribution in [0, 0.1) is 0 Å². The Labute approximate surface area is 80.7 Å². The third-order valence-electron chi connectivity index (χ3n) is 1.99. The van der Waals surface area contributed by atoms with Crippen LogP contribution in [0.25, 0.3) is 0 Å². The molecule has 0 bridgehead atoms. The molecule has 0 fully saturated rings. The molecule has 0 aliphatic heterocycles. The first-order chi connectivity index (χ1) is 6.42. The molecule has 2 N–H and O–H groups in total. The lowest BCUT2D eigenvalue weighted by molar-refractivity contribution is -0.127. The van der Waals surface area contributed by atoms with Crippen LogP contribution < -0.4 is 5.73 Å². The highest BCUT2D eigenvalue weighted by molar-refractivity contribution is 5.48. The van der Waals surface area contributed by atoms with Gasteiger partial charge in [0.05, 0.1) is 6.42 Å². The van der Waals surface area contributed by atoms with Crippen molar-refractivity contribution in [3.8, 4) is 0 Å². The first-order valence-electron chi connectivity index (χ1n) is 4.36.